The zero-order valence-electron chi connectivity index (χ0n) is 7.52. The summed E-state index contributed by atoms with van der Waals surface area (Å²) in [6.07, 6.45) is 0. The molecule has 0 unspecified atom stereocenters. The first-order valence-corrected chi connectivity index (χ1v) is 3.81. The first kappa shape index (κ1) is 9.11. The second kappa shape index (κ2) is 3.61. The summed E-state index contributed by atoms with van der Waals surface area (Å²) in [4.78, 5) is 0. The number of aryl methyl sites for hydroxylation is 3. The molecular weight excluding hydrogens is 154 g/mol. The van der Waals surface area contributed by atoms with Gasteiger partial charge in [-0.25, -0.2) is 0 Å². The van der Waals surface area contributed by atoms with Crippen molar-refractivity contribution in [3.63, 3.8) is 0 Å². The van der Waals surface area contributed by atoms with Crippen molar-refractivity contribution in [2.24, 2.45) is 0 Å². The van der Waals surface area contributed by atoms with Crippen LogP contribution in [0.5, 0.6) is 5.75 Å². The van der Waals surface area contributed by atoms with E-state index >= 15 is 0 Å². The van der Waals surface area contributed by atoms with Crippen LogP contribution in [0.4, 0.5) is 4.32 Å². The molecule has 0 fully saturated rings. The van der Waals surface area contributed by atoms with Gasteiger partial charge in [-0.2, -0.15) is 0 Å². The van der Waals surface area contributed by atoms with Crippen LogP contribution in [0.15, 0.2) is 12.1 Å². The summed E-state index contributed by atoms with van der Waals surface area (Å²) < 4.78 is 16.5. The molecule has 0 spiro atoms. The summed E-state index contributed by atoms with van der Waals surface area (Å²) in [6, 6.07) is 3.93. The maximum atomic E-state index is 11.8. The van der Waals surface area contributed by atoms with E-state index < -0.39 is 0 Å². The van der Waals surface area contributed by atoms with E-state index in [2.05, 4.69) is 0 Å². The third-order valence-electron chi connectivity index (χ3n) is 1.77. The minimum Gasteiger partial charge on any atom is -0.734 e. The van der Waals surface area contributed by atoms with Gasteiger partial charge in [0.2, 0.25) is 0 Å². The van der Waals surface area contributed by atoms with E-state index in [9.17, 15) is 4.32 Å². The normalized spacial score (nSPS) is 10.0. The average molecular weight is 165 g/mol. The van der Waals surface area contributed by atoms with Crippen LogP contribution in [0.25, 0.3) is 0 Å². The van der Waals surface area contributed by atoms with Crippen molar-refractivity contribution in [2.45, 2.75) is 20.8 Å². The molecule has 3 heteroatoms. The van der Waals surface area contributed by atoms with Crippen LogP contribution in [0.1, 0.15) is 16.7 Å². The van der Waals surface area contributed by atoms with Gasteiger partial charge in [-0.15, -0.1) is 0 Å². The van der Waals surface area contributed by atoms with Crippen molar-refractivity contribution in [3.05, 3.63) is 28.8 Å². The number of halogens is 1. The minimum absolute atomic E-state index is 0.213. The highest BCUT2D eigenvalue weighted by atomic mass is 19.1. The molecule has 0 aliphatic heterocycles. The molecule has 2 radical (unpaired) electrons. The highest BCUT2D eigenvalue weighted by Crippen LogP contribution is 2.23. The Morgan fingerprint density at radius 2 is 1.67 bits per heavy atom. The van der Waals surface area contributed by atoms with E-state index in [1.807, 2.05) is 32.9 Å². The van der Waals surface area contributed by atoms with E-state index in [1.54, 1.807) is 0 Å². The molecule has 0 amide bonds. The molecule has 64 valence electrons. The van der Waals surface area contributed by atoms with E-state index in [0.717, 1.165) is 16.7 Å². The standard InChI is InChI=1S/C9H11BFO/c1-6-4-7(2)9(12-10-11)8(3)5-6/h4-5H,1-3H3/q-1. The van der Waals surface area contributed by atoms with Gasteiger partial charge in [0.1, 0.15) is 7.76 Å². The number of hydrogen-bond donors (Lipinski definition) is 0. The van der Waals surface area contributed by atoms with Crippen LogP contribution >= 0.6 is 0 Å². The molecule has 1 aromatic carbocycles. The Hall–Kier alpha value is -0.985. The lowest BCUT2D eigenvalue weighted by Gasteiger charge is -2.19. The van der Waals surface area contributed by atoms with Crippen molar-refractivity contribution >= 4 is 7.76 Å². The lowest BCUT2D eigenvalue weighted by molar-refractivity contribution is 0.528. The monoisotopic (exact) mass is 165 g/mol. The van der Waals surface area contributed by atoms with Crippen molar-refractivity contribution < 1.29 is 8.97 Å². The summed E-state index contributed by atoms with van der Waals surface area (Å²) in [5, 5.41) is 0. The molecule has 1 aromatic rings. The van der Waals surface area contributed by atoms with Crippen LogP contribution in [-0.2, 0) is 0 Å². The van der Waals surface area contributed by atoms with Gasteiger partial charge in [-0.05, 0) is 31.9 Å². The van der Waals surface area contributed by atoms with Gasteiger partial charge < -0.3 is 8.97 Å². The minimum atomic E-state index is 0.213. The molecule has 0 aromatic heterocycles. The molecule has 0 aliphatic rings. The topological polar surface area (TPSA) is 9.23 Å². The van der Waals surface area contributed by atoms with Gasteiger partial charge in [0.05, 0.1) is 5.75 Å². The second-order valence-corrected chi connectivity index (χ2v) is 2.93. The molecule has 1 nitrogen and oxygen atoms in total. The Morgan fingerprint density at radius 3 is 2.08 bits per heavy atom. The Balaban J connectivity index is 3.10. The van der Waals surface area contributed by atoms with Gasteiger partial charge >= 0.3 is 0 Å². The summed E-state index contributed by atoms with van der Waals surface area (Å²) in [6.45, 7) is 5.81. The fraction of sp³-hybridized carbons (Fsp3) is 0.333. The smallest absolute Gasteiger partial charge is 0.121 e. The van der Waals surface area contributed by atoms with Crippen LogP contribution in [0.3, 0.4) is 0 Å². The van der Waals surface area contributed by atoms with E-state index in [4.69, 9.17) is 4.65 Å². The largest absolute Gasteiger partial charge is 0.734 e. The fourth-order valence-electron chi connectivity index (χ4n) is 1.40. The van der Waals surface area contributed by atoms with Gasteiger partial charge in [0, 0.05) is 0 Å². The maximum absolute atomic E-state index is 11.8. The molecule has 0 aliphatic carbocycles. The van der Waals surface area contributed by atoms with Crippen molar-refractivity contribution in [1.82, 2.24) is 0 Å². The molecule has 0 saturated heterocycles. The van der Waals surface area contributed by atoms with Gasteiger partial charge in [0.25, 0.3) is 0 Å². The quantitative estimate of drug-likeness (QED) is 0.611. The van der Waals surface area contributed by atoms with Crippen LogP contribution < -0.4 is 4.65 Å². The lowest BCUT2D eigenvalue weighted by atomic mass is 10.1. The summed E-state index contributed by atoms with van der Waals surface area (Å²) >= 11 is 0. The molecule has 0 N–H and O–H groups in total. The Kier molecular flexibility index (Phi) is 2.74. The van der Waals surface area contributed by atoms with Crippen LogP contribution in [0.2, 0.25) is 0 Å². The summed E-state index contributed by atoms with van der Waals surface area (Å²) in [5.41, 5.74) is 3.08. The molecular formula is C9H11BFO-. The summed E-state index contributed by atoms with van der Waals surface area (Å²) in [7, 11) is 0.213. The molecule has 1 rings (SSSR count). The van der Waals surface area contributed by atoms with Crippen molar-refractivity contribution in [3.8, 4) is 5.75 Å². The third-order valence-corrected chi connectivity index (χ3v) is 1.77. The Labute approximate surface area is 72.9 Å². The Morgan fingerprint density at radius 1 is 1.17 bits per heavy atom. The fourth-order valence-corrected chi connectivity index (χ4v) is 1.40. The van der Waals surface area contributed by atoms with Gasteiger partial charge in [-0.1, -0.05) is 17.7 Å². The van der Waals surface area contributed by atoms with E-state index in [0.29, 0.717) is 5.75 Å². The first-order valence-electron chi connectivity index (χ1n) is 3.81. The number of rotatable bonds is 2. The van der Waals surface area contributed by atoms with Crippen molar-refractivity contribution in [2.75, 3.05) is 0 Å². The Bertz CT molecular complexity index is 263. The van der Waals surface area contributed by atoms with Crippen LogP contribution in [0, 0.1) is 20.8 Å². The molecule has 0 heterocycles. The predicted molar refractivity (Wildman–Crippen MR) is 48.1 cm³/mol. The maximum Gasteiger partial charge on any atom is 0.121 e. The molecule has 0 bridgehead atoms. The lowest BCUT2D eigenvalue weighted by Crippen LogP contribution is -1.99. The summed E-state index contributed by atoms with van der Waals surface area (Å²) in [5.74, 6) is 0.614. The first-order chi connectivity index (χ1) is 5.65. The zero-order valence-corrected chi connectivity index (χ0v) is 7.52. The second-order valence-electron chi connectivity index (χ2n) is 2.93. The van der Waals surface area contributed by atoms with Gasteiger partial charge in [0.15, 0.2) is 0 Å². The predicted octanol–water partition coefficient (Wildman–Crippen LogP) is 2.49. The highest BCUT2D eigenvalue weighted by Gasteiger charge is 1.99. The number of benzene rings is 1. The highest BCUT2D eigenvalue weighted by molar-refractivity contribution is 6.18. The van der Waals surface area contributed by atoms with Gasteiger partial charge in [-0.3, -0.25) is 0 Å². The molecule has 0 saturated carbocycles. The average Bonchev–Trinajstić information content (AvgIpc) is 1.96. The van der Waals surface area contributed by atoms with Crippen LogP contribution in [-0.4, -0.2) is 7.76 Å². The third kappa shape index (κ3) is 1.78. The SMILES string of the molecule is Cc1cc(C)c(O[B-]F)c(C)c1. The van der Waals surface area contributed by atoms with Crippen molar-refractivity contribution in [1.29, 1.82) is 0 Å². The van der Waals surface area contributed by atoms with E-state index in [1.165, 1.54) is 0 Å². The molecule has 0 atom stereocenters. The van der Waals surface area contributed by atoms with E-state index in [-0.39, 0.29) is 7.76 Å². The number of hydrogen-bond acceptors (Lipinski definition) is 1. The zero-order chi connectivity index (χ0) is 9.14. The molecule has 12 heavy (non-hydrogen) atoms.